The van der Waals surface area contributed by atoms with Crippen LogP contribution in [0.3, 0.4) is 0 Å². The lowest BCUT2D eigenvalue weighted by Gasteiger charge is -2.33. The van der Waals surface area contributed by atoms with Crippen LogP contribution in [0, 0.1) is 17.2 Å². The monoisotopic (exact) mass is 496 g/mol. The highest BCUT2D eigenvalue weighted by atomic mass is 32.2. The number of hydrogen-bond acceptors (Lipinski definition) is 6. The minimum absolute atomic E-state index is 0.129. The summed E-state index contributed by atoms with van der Waals surface area (Å²) in [5.74, 6) is 0.624. The second-order valence-electron chi connectivity index (χ2n) is 8.91. The van der Waals surface area contributed by atoms with Gasteiger partial charge < -0.3 is 14.5 Å². The third-order valence-corrected chi connectivity index (χ3v) is 8.66. The fraction of sp³-hybridized carbons (Fsp3) is 0.462. The molecule has 186 valence electrons. The highest BCUT2D eigenvalue weighted by molar-refractivity contribution is 7.89. The third kappa shape index (κ3) is 5.77. The second-order valence-corrected chi connectivity index (χ2v) is 10.8. The molecule has 2 fully saturated rings. The van der Waals surface area contributed by atoms with Gasteiger partial charge in [0.05, 0.1) is 23.1 Å². The predicted octanol–water partition coefficient (Wildman–Crippen LogP) is 3.10. The average molecular weight is 497 g/mol. The van der Waals surface area contributed by atoms with Crippen LogP contribution < -0.4 is 9.64 Å². The van der Waals surface area contributed by atoms with Gasteiger partial charge in [0.25, 0.3) is 0 Å². The Morgan fingerprint density at radius 2 is 1.66 bits per heavy atom. The largest absolute Gasteiger partial charge is 0.494 e. The Morgan fingerprint density at radius 3 is 2.29 bits per heavy atom. The fourth-order valence-electron chi connectivity index (χ4n) is 4.77. The van der Waals surface area contributed by atoms with Crippen LogP contribution in [0.5, 0.6) is 5.75 Å². The van der Waals surface area contributed by atoms with Gasteiger partial charge in [-0.05, 0) is 74.7 Å². The van der Waals surface area contributed by atoms with E-state index in [-0.39, 0.29) is 16.7 Å². The third-order valence-electron chi connectivity index (χ3n) is 6.74. The number of carbonyl (C=O) groups excluding carboxylic acids is 1. The molecule has 0 saturated carbocycles. The van der Waals surface area contributed by atoms with Crippen molar-refractivity contribution >= 4 is 21.6 Å². The molecular weight excluding hydrogens is 464 g/mol. The van der Waals surface area contributed by atoms with Gasteiger partial charge in [-0.15, -0.1) is 0 Å². The molecule has 0 atom stereocenters. The summed E-state index contributed by atoms with van der Waals surface area (Å²) >= 11 is 0. The maximum absolute atomic E-state index is 13.2. The van der Waals surface area contributed by atoms with Crippen molar-refractivity contribution in [2.24, 2.45) is 5.92 Å². The smallest absolute Gasteiger partial charge is 0.243 e. The quantitative estimate of drug-likeness (QED) is 0.610. The summed E-state index contributed by atoms with van der Waals surface area (Å²) in [7, 11) is -3.59. The number of amides is 1. The molecule has 35 heavy (non-hydrogen) atoms. The number of benzene rings is 2. The highest BCUT2D eigenvalue weighted by Gasteiger charge is 2.34. The Bertz CT molecular complexity index is 1150. The second kappa shape index (κ2) is 11.1. The van der Waals surface area contributed by atoms with E-state index in [2.05, 4.69) is 11.0 Å². The Kier molecular flexibility index (Phi) is 7.93. The van der Waals surface area contributed by atoms with Crippen molar-refractivity contribution in [2.45, 2.75) is 31.1 Å². The molecule has 0 aliphatic carbocycles. The first-order chi connectivity index (χ1) is 16.9. The van der Waals surface area contributed by atoms with Crippen LogP contribution in [0.25, 0.3) is 0 Å². The molecule has 2 aromatic carbocycles. The van der Waals surface area contributed by atoms with Crippen LogP contribution in [0.1, 0.15) is 31.7 Å². The Labute approximate surface area is 207 Å². The number of ether oxygens (including phenoxy) is 1. The maximum Gasteiger partial charge on any atom is 0.243 e. The van der Waals surface area contributed by atoms with Gasteiger partial charge in [0, 0.05) is 50.9 Å². The zero-order chi connectivity index (χ0) is 24.8. The molecule has 4 rings (SSSR count). The SMILES string of the molecule is CCOc1ccc(S(=O)(=O)N2CCC(C(=O)N3CCCN(c4ccc(C#N)cc4)CC3)CC2)cc1. The van der Waals surface area contributed by atoms with Crippen molar-refractivity contribution in [1.29, 1.82) is 5.26 Å². The van der Waals surface area contributed by atoms with Crippen molar-refractivity contribution in [3.8, 4) is 11.8 Å². The lowest BCUT2D eigenvalue weighted by molar-refractivity contribution is -0.136. The molecule has 0 radical (unpaired) electrons. The Morgan fingerprint density at radius 1 is 0.971 bits per heavy atom. The number of sulfonamides is 1. The number of piperidine rings is 1. The van der Waals surface area contributed by atoms with E-state index in [0.29, 0.717) is 56.9 Å². The molecule has 2 aromatic rings. The van der Waals surface area contributed by atoms with Crippen molar-refractivity contribution < 1.29 is 17.9 Å². The molecule has 0 spiro atoms. The van der Waals surface area contributed by atoms with Crippen molar-refractivity contribution in [3.05, 3.63) is 54.1 Å². The van der Waals surface area contributed by atoms with Gasteiger partial charge >= 0.3 is 0 Å². The van der Waals surface area contributed by atoms with Gasteiger partial charge in [-0.25, -0.2) is 8.42 Å². The van der Waals surface area contributed by atoms with E-state index < -0.39 is 10.0 Å². The molecule has 1 amide bonds. The molecule has 0 aromatic heterocycles. The zero-order valence-electron chi connectivity index (χ0n) is 20.1. The first kappa shape index (κ1) is 25.0. The van der Waals surface area contributed by atoms with Crippen LogP contribution in [-0.4, -0.2) is 69.4 Å². The lowest BCUT2D eigenvalue weighted by Crippen LogP contribution is -2.45. The normalized spacial score (nSPS) is 18.1. The molecule has 2 saturated heterocycles. The topological polar surface area (TPSA) is 93.9 Å². The lowest BCUT2D eigenvalue weighted by atomic mass is 9.96. The summed E-state index contributed by atoms with van der Waals surface area (Å²) in [6, 6.07) is 16.2. The standard InChI is InChI=1S/C26H32N4O4S/c1-2-34-24-8-10-25(11-9-24)35(32,33)30-16-12-22(13-17-30)26(31)29-15-3-14-28(18-19-29)23-6-4-21(20-27)5-7-23/h4-11,22H,2-3,12-19H2,1H3. The number of nitriles is 1. The van der Waals surface area contributed by atoms with E-state index in [1.54, 1.807) is 24.3 Å². The van der Waals surface area contributed by atoms with E-state index in [9.17, 15) is 13.2 Å². The molecule has 2 aliphatic heterocycles. The minimum Gasteiger partial charge on any atom is -0.494 e. The summed E-state index contributed by atoms with van der Waals surface area (Å²) in [5, 5.41) is 9.00. The van der Waals surface area contributed by atoms with Gasteiger partial charge in [-0.1, -0.05) is 0 Å². The number of hydrogen-bond donors (Lipinski definition) is 0. The molecule has 2 aliphatic rings. The van der Waals surface area contributed by atoms with Gasteiger partial charge in [0.2, 0.25) is 15.9 Å². The van der Waals surface area contributed by atoms with E-state index in [1.807, 2.05) is 36.1 Å². The summed E-state index contributed by atoms with van der Waals surface area (Å²) in [6.45, 7) is 6.04. The summed E-state index contributed by atoms with van der Waals surface area (Å²) in [4.78, 5) is 17.7. The maximum atomic E-state index is 13.2. The first-order valence-corrected chi connectivity index (χ1v) is 13.6. The summed E-state index contributed by atoms with van der Waals surface area (Å²) in [6.07, 6.45) is 1.94. The van der Waals surface area contributed by atoms with Gasteiger partial charge in [0.1, 0.15) is 5.75 Å². The van der Waals surface area contributed by atoms with Crippen LogP contribution in [-0.2, 0) is 14.8 Å². The Hall–Kier alpha value is -3.09. The molecule has 9 heteroatoms. The van der Waals surface area contributed by atoms with Gasteiger partial charge in [-0.3, -0.25) is 4.79 Å². The van der Waals surface area contributed by atoms with E-state index in [1.165, 1.54) is 4.31 Å². The molecule has 0 unspecified atom stereocenters. The van der Waals surface area contributed by atoms with Crippen LogP contribution in [0.4, 0.5) is 5.69 Å². The van der Waals surface area contributed by atoms with Crippen molar-refractivity contribution in [3.63, 3.8) is 0 Å². The van der Waals surface area contributed by atoms with E-state index in [4.69, 9.17) is 10.00 Å². The van der Waals surface area contributed by atoms with Crippen molar-refractivity contribution in [1.82, 2.24) is 9.21 Å². The zero-order valence-corrected chi connectivity index (χ0v) is 20.9. The van der Waals surface area contributed by atoms with Crippen LogP contribution in [0.15, 0.2) is 53.4 Å². The predicted molar refractivity (Wildman–Crippen MR) is 134 cm³/mol. The van der Waals surface area contributed by atoms with E-state index in [0.717, 1.165) is 25.2 Å². The summed E-state index contributed by atoms with van der Waals surface area (Å²) < 4.78 is 33.0. The Balaban J connectivity index is 1.31. The first-order valence-electron chi connectivity index (χ1n) is 12.2. The minimum atomic E-state index is -3.59. The summed E-state index contributed by atoms with van der Waals surface area (Å²) in [5.41, 5.74) is 1.70. The number of nitrogens with zero attached hydrogens (tertiary/aromatic N) is 4. The molecule has 0 N–H and O–H groups in total. The van der Waals surface area contributed by atoms with E-state index >= 15 is 0 Å². The number of rotatable bonds is 6. The molecule has 0 bridgehead atoms. The molecule has 2 heterocycles. The number of carbonyl (C=O) groups is 1. The molecule has 8 nitrogen and oxygen atoms in total. The van der Waals surface area contributed by atoms with Crippen LogP contribution in [0.2, 0.25) is 0 Å². The number of anilines is 1. The average Bonchev–Trinajstić information content (AvgIpc) is 3.15. The van der Waals surface area contributed by atoms with Gasteiger partial charge in [-0.2, -0.15) is 9.57 Å². The van der Waals surface area contributed by atoms with Gasteiger partial charge in [0.15, 0.2) is 0 Å². The van der Waals surface area contributed by atoms with Crippen molar-refractivity contribution in [2.75, 3.05) is 50.8 Å². The highest BCUT2D eigenvalue weighted by Crippen LogP contribution is 2.27. The molecular formula is C26H32N4O4S. The van der Waals surface area contributed by atoms with Crippen LogP contribution >= 0.6 is 0 Å². The fourth-order valence-corrected chi connectivity index (χ4v) is 6.24.